The van der Waals surface area contributed by atoms with E-state index in [0.717, 1.165) is 11.7 Å². The molecule has 1 atom stereocenters. The second-order valence-electron chi connectivity index (χ2n) is 3.43. The Morgan fingerprint density at radius 2 is 2.15 bits per heavy atom. The maximum Gasteiger partial charge on any atom is 0.186 e. The van der Waals surface area contributed by atoms with Crippen molar-refractivity contribution in [3.05, 3.63) is 5.15 Å². The molecule has 13 heavy (non-hydrogen) atoms. The summed E-state index contributed by atoms with van der Waals surface area (Å²) in [5.74, 6) is 0.526. The smallest absolute Gasteiger partial charge is 0.186 e. The molecule has 0 saturated carbocycles. The van der Waals surface area contributed by atoms with E-state index in [0.29, 0.717) is 11.0 Å². The number of anilines is 1. The largest absolute Gasteiger partial charge is 0.391 e. The highest BCUT2D eigenvalue weighted by Gasteiger charge is 2.25. The summed E-state index contributed by atoms with van der Waals surface area (Å²) >= 11 is 6.79. The van der Waals surface area contributed by atoms with Crippen LogP contribution in [0.2, 0.25) is 5.15 Å². The zero-order chi connectivity index (χ0) is 10.1. The Morgan fingerprint density at radius 3 is 2.54 bits per heavy atom. The van der Waals surface area contributed by atoms with Gasteiger partial charge in [0.2, 0.25) is 0 Å². The molecule has 0 aromatic carbocycles. The summed E-state index contributed by atoms with van der Waals surface area (Å²) in [4.78, 5) is 0. The SMILES string of the molecule is CC(O)C(C)(C)Nc1nsnc1Cl. The third-order valence-corrected chi connectivity index (χ3v) is 2.83. The molecule has 0 aliphatic rings. The zero-order valence-corrected chi connectivity index (χ0v) is 9.28. The van der Waals surface area contributed by atoms with E-state index in [2.05, 4.69) is 14.1 Å². The van der Waals surface area contributed by atoms with Gasteiger partial charge in [-0.3, -0.25) is 0 Å². The normalized spacial score (nSPS) is 14.2. The minimum absolute atomic E-state index is 0.346. The summed E-state index contributed by atoms with van der Waals surface area (Å²) in [7, 11) is 0. The van der Waals surface area contributed by atoms with Gasteiger partial charge >= 0.3 is 0 Å². The molecule has 0 aliphatic carbocycles. The molecule has 1 unspecified atom stereocenters. The monoisotopic (exact) mass is 221 g/mol. The standard InChI is InChI=1S/C7H12ClN3OS/c1-4(12)7(2,3)9-6-5(8)10-13-11-6/h4,12H,1-3H3,(H,9,11). The fourth-order valence-electron chi connectivity index (χ4n) is 0.662. The molecule has 1 aromatic rings. The molecule has 1 rings (SSSR count). The van der Waals surface area contributed by atoms with Crippen molar-refractivity contribution in [3.63, 3.8) is 0 Å². The highest BCUT2D eigenvalue weighted by atomic mass is 35.5. The van der Waals surface area contributed by atoms with Crippen molar-refractivity contribution in [3.8, 4) is 0 Å². The van der Waals surface area contributed by atoms with Crippen LogP contribution in [0.1, 0.15) is 20.8 Å². The first kappa shape index (κ1) is 10.7. The molecule has 4 nitrogen and oxygen atoms in total. The lowest BCUT2D eigenvalue weighted by molar-refractivity contribution is 0.133. The van der Waals surface area contributed by atoms with E-state index in [1.807, 2.05) is 13.8 Å². The van der Waals surface area contributed by atoms with E-state index in [1.165, 1.54) is 0 Å². The van der Waals surface area contributed by atoms with Crippen molar-refractivity contribution in [1.29, 1.82) is 0 Å². The van der Waals surface area contributed by atoms with Gasteiger partial charge in [0.15, 0.2) is 11.0 Å². The first-order chi connectivity index (χ1) is 5.93. The van der Waals surface area contributed by atoms with E-state index >= 15 is 0 Å². The molecule has 0 fully saturated rings. The van der Waals surface area contributed by atoms with Crippen LogP contribution in [-0.2, 0) is 0 Å². The number of rotatable bonds is 3. The molecule has 0 saturated heterocycles. The average molecular weight is 222 g/mol. The number of aromatic nitrogens is 2. The van der Waals surface area contributed by atoms with Crippen molar-refractivity contribution in [2.24, 2.45) is 0 Å². The predicted octanol–water partition coefficient (Wildman–Crippen LogP) is 1.76. The Hall–Kier alpha value is -0.390. The number of aliphatic hydroxyl groups is 1. The van der Waals surface area contributed by atoms with Gasteiger partial charge in [-0.05, 0) is 20.8 Å². The second-order valence-corrected chi connectivity index (χ2v) is 4.31. The summed E-state index contributed by atoms with van der Waals surface area (Å²) in [5, 5.41) is 12.8. The molecular weight excluding hydrogens is 210 g/mol. The van der Waals surface area contributed by atoms with Crippen LogP contribution < -0.4 is 5.32 Å². The molecule has 0 amide bonds. The molecule has 0 aliphatic heterocycles. The van der Waals surface area contributed by atoms with Gasteiger partial charge in [0, 0.05) is 0 Å². The molecule has 1 aromatic heterocycles. The van der Waals surface area contributed by atoms with Crippen molar-refractivity contribution in [2.45, 2.75) is 32.4 Å². The van der Waals surface area contributed by atoms with Gasteiger partial charge in [-0.1, -0.05) is 11.6 Å². The molecule has 6 heteroatoms. The Morgan fingerprint density at radius 1 is 1.54 bits per heavy atom. The molecule has 2 N–H and O–H groups in total. The van der Waals surface area contributed by atoms with Gasteiger partial charge in [0.05, 0.1) is 23.4 Å². The van der Waals surface area contributed by atoms with E-state index in [9.17, 15) is 5.11 Å². The summed E-state index contributed by atoms with van der Waals surface area (Å²) in [6.07, 6.45) is -0.495. The van der Waals surface area contributed by atoms with E-state index < -0.39 is 11.6 Å². The predicted molar refractivity (Wildman–Crippen MR) is 54.3 cm³/mol. The average Bonchev–Trinajstić information content (AvgIpc) is 2.35. The lowest BCUT2D eigenvalue weighted by Crippen LogP contribution is -2.42. The molecule has 74 valence electrons. The first-order valence-corrected chi connectivity index (χ1v) is 4.98. The van der Waals surface area contributed by atoms with E-state index in [-0.39, 0.29) is 0 Å². The van der Waals surface area contributed by atoms with Crippen LogP contribution in [0.4, 0.5) is 5.82 Å². The molecule has 1 heterocycles. The van der Waals surface area contributed by atoms with Gasteiger partial charge in [0.25, 0.3) is 0 Å². The summed E-state index contributed by atoms with van der Waals surface area (Å²) < 4.78 is 7.77. The van der Waals surface area contributed by atoms with Gasteiger partial charge in [0.1, 0.15) is 0 Å². The highest BCUT2D eigenvalue weighted by Crippen LogP contribution is 2.23. The Bertz CT molecular complexity index is 287. The lowest BCUT2D eigenvalue weighted by Gasteiger charge is -2.29. The van der Waals surface area contributed by atoms with Crippen molar-refractivity contribution >= 4 is 29.1 Å². The number of hydrogen-bond donors (Lipinski definition) is 2. The highest BCUT2D eigenvalue weighted by molar-refractivity contribution is 6.99. The lowest BCUT2D eigenvalue weighted by atomic mass is 9.99. The number of aliphatic hydroxyl groups excluding tert-OH is 1. The van der Waals surface area contributed by atoms with Gasteiger partial charge in [-0.15, -0.1) is 0 Å². The van der Waals surface area contributed by atoms with Crippen LogP contribution in [0.25, 0.3) is 0 Å². The number of nitrogens with zero attached hydrogens (tertiary/aromatic N) is 2. The molecule has 0 bridgehead atoms. The zero-order valence-electron chi connectivity index (χ0n) is 7.71. The Labute approximate surface area is 86.3 Å². The Balaban J connectivity index is 2.74. The maximum atomic E-state index is 9.42. The fourth-order valence-corrected chi connectivity index (χ4v) is 1.31. The van der Waals surface area contributed by atoms with Crippen molar-refractivity contribution in [1.82, 2.24) is 8.75 Å². The molecule has 0 radical (unpaired) electrons. The number of hydrogen-bond acceptors (Lipinski definition) is 5. The first-order valence-electron chi connectivity index (χ1n) is 3.88. The molecule has 0 spiro atoms. The third-order valence-electron chi connectivity index (χ3n) is 1.93. The van der Waals surface area contributed by atoms with Gasteiger partial charge in [-0.2, -0.15) is 8.75 Å². The minimum Gasteiger partial charge on any atom is -0.391 e. The van der Waals surface area contributed by atoms with Crippen LogP contribution in [-0.4, -0.2) is 25.5 Å². The number of halogens is 1. The van der Waals surface area contributed by atoms with Crippen LogP contribution >= 0.6 is 23.3 Å². The summed E-state index contributed by atoms with van der Waals surface area (Å²) in [6.45, 7) is 5.45. The van der Waals surface area contributed by atoms with Crippen molar-refractivity contribution in [2.75, 3.05) is 5.32 Å². The summed E-state index contributed by atoms with van der Waals surface area (Å²) in [6, 6.07) is 0. The van der Waals surface area contributed by atoms with Crippen LogP contribution in [0.15, 0.2) is 0 Å². The van der Waals surface area contributed by atoms with Gasteiger partial charge in [-0.25, -0.2) is 0 Å². The second kappa shape index (κ2) is 3.77. The van der Waals surface area contributed by atoms with Crippen LogP contribution in [0.3, 0.4) is 0 Å². The Kier molecular flexibility index (Phi) is 3.10. The van der Waals surface area contributed by atoms with E-state index in [1.54, 1.807) is 6.92 Å². The van der Waals surface area contributed by atoms with Crippen LogP contribution in [0, 0.1) is 0 Å². The summed E-state index contributed by atoms with van der Waals surface area (Å²) in [5.41, 5.74) is -0.459. The quantitative estimate of drug-likeness (QED) is 0.817. The van der Waals surface area contributed by atoms with E-state index in [4.69, 9.17) is 11.6 Å². The minimum atomic E-state index is -0.495. The molecular formula is C7H12ClN3OS. The third kappa shape index (κ3) is 2.52. The fraction of sp³-hybridized carbons (Fsp3) is 0.714. The topological polar surface area (TPSA) is 58.0 Å². The number of nitrogens with one attached hydrogen (secondary N) is 1. The maximum absolute atomic E-state index is 9.42. The van der Waals surface area contributed by atoms with Gasteiger partial charge < -0.3 is 10.4 Å². The van der Waals surface area contributed by atoms with Crippen molar-refractivity contribution < 1.29 is 5.11 Å². The van der Waals surface area contributed by atoms with Crippen LogP contribution in [0.5, 0.6) is 0 Å².